The number of aliphatic carboxylic acids is 1. The van der Waals surface area contributed by atoms with Gasteiger partial charge in [-0.15, -0.1) is 0 Å². The number of benzene rings is 4. The molecule has 43 heavy (non-hydrogen) atoms. The highest BCUT2D eigenvalue weighted by Gasteiger charge is 2.27. The van der Waals surface area contributed by atoms with Gasteiger partial charge in [0.05, 0.1) is 17.1 Å². The molecular formula is C34H36N2O5S2. The Hall–Kier alpha value is -4.08. The highest BCUT2D eigenvalue weighted by atomic mass is 32.2. The fourth-order valence-electron chi connectivity index (χ4n) is 4.81. The molecule has 0 aromatic heterocycles. The van der Waals surface area contributed by atoms with Crippen molar-refractivity contribution in [2.45, 2.75) is 44.2 Å². The van der Waals surface area contributed by atoms with Crippen molar-refractivity contribution in [1.82, 2.24) is 5.32 Å². The molecule has 4 rings (SSSR count). The van der Waals surface area contributed by atoms with Crippen molar-refractivity contribution >= 4 is 39.3 Å². The van der Waals surface area contributed by atoms with Gasteiger partial charge in [-0.25, -0.2) is 13.2 Å². The van der Waals surface area contributed by atoms with Gasteiger partial charge in [0.2, 0.25) is 0 Å². The monoisotopic (exact) mass is 616 g/mol. The first-order valence-corrected chi connectivity index (χ1v) is 16.9. The van der Waals surface area contributed by atoms with E-state index in [1.807, 2.05) is 68.6 Å². The molecule has 9 heteroatoms. The third kappa shape index (κ3) is 7.66. The fraction of sp³-hybridized carbons (Fsp3) is 0.235. The van der Waals surface area contributed by atoms with E-state index >= 15 is 0 Å². The van der Waals surface area contributed by atoms with E-state index in [0.29, 0.717) is 34.6 Å². The predicted molar refractivity (Wildman–Crippen MR) is 174 cm³/mol. The van der Waals surface area contributed by atoms with Gasteiger partial charge in [0.25, 0.3) is 15.9 Å². The molecule has 7 nitrogen and oxygen atoms in total. The van der Waals surface area contributed by atoms with Gasteiger partial charge in [-0.3, -0.25) is 9.10 Å². The summed E-state index contributed by atoms with van der Waals surface area (Å²) in [6.45, 7) is 3.97. The summed E-state index contributed by atoms with van der Waals surface area (Å²) >= 11 is 1.51. The third-order valence-electron chi connectivity index (χ3n) is 7.27. The van der Waals surface area contributed by atoms with Crippen LogP contribution in [-0.2, 0) is 27.8 Å². The molecule has 0 bridgehead atoms. The lowest BCUT2D eigenvalue weighted by Gasteiger charge is -2.25. The summed E-state index contributed by atoms with van der Waals surface area (Å²) in [6.07, 6.45) is 2.98. The first-order valence-electron chi connectivity index (χ1n) is 14.0. The van der Waals surface area contributed by atoms with Crippen LogP contribution in [0.2, 0.25) is 0 Å². The Morgan fingerprint density at radius 2 is 1.53 bits per heavy atom. The van der Waals surface area contributed by atoms with E-state index in [1.54, 1.807) is 48.5 Å². The van der Waals surface area contributed by atoms with Crippen LogP contribution >= 0.6 is 11.8 Å². The number of carboxylic acid groups (broad SMARTS) is 1. The Morgan fingerprint density at radius 3 is 2.16 bits per heavy atom. The van der Waals surface area contributed by atoms with Gasteiger partial charge in [-0.05, 0) is 96.0 Å². The summed E-state index contributed by atoms with van der Waals surface area (Å²) < 4.78 is 29.4. The number of hydrogen-bond acceptors (Lipinski definition) is 5. The third-order valence-corrected chi connectivity index (χ3v) is 9.70. The number of rotatable bonds is 13. The molecule has 2 N–H and O–H groups in total. The van der Waals surface area contributed by atoms with Gasteiger partial charge in [-0.2, -0.15) is 11.8 Å². The number of thioether (sulfide) groups is 1. The number of carbonyl (C=O) groups excluding carboxylic acids is 1. The van der Waals surface area contributed by atoms with Crippen molar-refractivity contribution in [3.63, 3.8) is 0 Å². The number of anilines is 1. The lowest BCUT2D eigenvalue weighted by Crippen LogP contribution is -2.41. The van der Waals surface area contributed by atoms with Crippen LogP contribution in [0, 0.1) is 6.92 Å². The Kier molecular flexibility index (Phi) is 10.7. The Balaban J connectivity index is 1.78. The highest BCUT2D eigenvalue weighted by Crippen LogP contribution is 2.31. The number of para-hydroxylation sites is 1. The van der Waals surface area contributed by atoms with Crippen LogP contribution in [0.4, 0.5) is 5.69 Å². The van der Waals surface area contributed by atoms with Gasteiger partial charge in [0.1, 0.15) is 6.04 Å². The Labute approximate surface area is 258 Å². The first-order chi connectivity index (χ1) is 20.6. The van der Waals surface area contributed by atoms with Crippen molar-refractivity contribution in [2.24, 2.45) is 0 Å². The molecule has 0 aliphatic heterocycles. The first kappa shape index (κ1) is 31.8. The second-order valence-electron chi connectivity index (χ2n) is 10.2. The standard InChI is InChI=1S/C34H36N2O5S2/c1-4-25-14-17-28(18-15-25)43(40,41)36(27-11-6-5-7-12-27)23-26-16-19-30(31(22-26)29-13-9-8-10-24(29)2)33(37)35-32(34(38)39)20-21-42-3/h5-19,22,32H,4,20-21,23H2,1-3H3,(H,35,37)(H,38,39). The number of aryl methyl sites for hydroxylation is 2. The molecular weight excluding hydrogens is 581 g/mol. The van der Waals surface area contributed by atoms with E-state index in [0.717, 1.165) is 23.1 Å². The smallest absolute Gasteiger partial charge is 0.326 e. The maximum atomic E-state index is 14.0. The normalized spacial score (nSPS) is 12.0. The number of nitrogens with zero attached hydrogens (tertiary/aromatic N) is 1. The van der Waals surface area contributed by atoms with Crippen LogP contribution in [0.3, 0.4) is 0 Å². The summed E-state index contributed by atoms with van der Waals surface area (Å²) in [5, 5.41) is 12.4. The topological polar surface area (TPSA) is 104 Å². The minimum absolute atomic E-state index is 0.0220. The Morgan fingerprint density at radius 1 is 0.884 bits per heavy atom. The molecule has 0 spiro atoms. The van der Waals surface area contributed by atoms with Crippen LogP contribution in [0.5, 0.6) is 0 Å². The van der Waals surface area contributed by atoms with E-state index in [1.165, 1.54) is 16.1 Å². The summed E-state index contributed by atoms with van der Waals surface area (Å²) in [6, 6.07) is 27.6. The van der Waals surface area contributed by atoms with Gasteiger partial charge in [0, 0.05) is 5.56 Å². The zero-order chi connectivity index (χ0) is 31.0. The molecule has 0 saturated heterocycles. The zero-order valence-corrected chi connectivity index (χ0v) is 26.1. The summed E-state index contributed by atoms with van der Waals surface area (Å²) in [4.78, 5) is 25.5. The predicted octanol–water partition coefficient (Wildman–Crippen LogP) is 6.56. The number of sulfonamides is 1. The number of carbonyl (C=O) groups is 2. The van der Waals surface area contributed by atoms with E-state index < -0.39 is 27.9 Å². The molecule has 0 aliphatic rings. The molecule has 0 aliphatic carbocycles. The largest absolute Gasteiger partial charge is 0.480 e. The maximum absolute atomic E-state index is 14.0. The molecule has 0 heterocycles. The molecule has 1 atom stereocenters. The fourth-order valence-corrected chi connectivity index (χ4v) is 6.74. The minimum Gasteiger partial charge on any atom is -0.480 e. The number of amides is 1. The van der Waals surface area contributed by atoms with Gasteiger partial charge < -0.3 is 10.4 Å². The van der Waals surface area contributed by atoms with E-state index in [9.17, 15) is 23.1 Å². The van der Waals surface area contributed by atoms with E-state index in [2.05, 4.69) is 5.32 Å². The van der Waals surface area contributed by atoms with Crippen LogP contribution in [0.15, 0.2) is 102 Å². The highest BCUT2D eigenvalue weighted by molar-refractivity contribution is 7.98. The second-order valence-corrected chi connectivity index (χ2v) is 13.0. The van der Waals surface area contributed by atoms with E-state index in [-0.39, 0.29) is 11.4 Å². The molecule has 0 fully saturated rings. The number of hydrogen-bond donors (Lipinski definition) is 2. The summed E-state index contributed by atoms with van der Waals surface area (Å²) in [5.41, 5.74) is 4.87. The lowest BCUT2D eigenvalue weighted by atomic mass is 9.93. The summed E-state index contributed by atoms with van der Waals surface area (Å²) in [5.74, 6) is -1.000. The quantitative estimate of drug-likeness (QED) is 0.176. The van der Waals surface area contributed by atoms with Gasteiger partial charge >= 0.3 is 5.97 Å². The van der Waals surface area contributed by atoms with Crippen LogP contribution in [0.1, 0.15) is 40.4 Å². The van der Waals surface area contributed by atoms with Crippen LogP contribution in [0.25, 0.3) is 11.1 Å². The second kappa shape index (κ2) is 14.4. The van der Waals surface area contributed by atoms with Gasteiger partial charge in [0.15, 0.2) is 0 Å². The summed E-state index contributed by atoms with van der Waals surface area (Å²) in [7, 11) is -3.94. The lowest BCUT2D eigenvalue weighted by molar-refractivity contribution is -0.139. The van der Waals surface area contributed by atoms with Crippen molar-refractivity contribution in [3.05, 3.63) is 119 Å². The SMILES string of the molecule is CCc1ccc(S(=O)(=O)N(Cc2ccc(C(=O)NC(CCSC)C(=O)O)c(-c3ccccc3C)c2)c2ccccc2)cc1. The minimum atomic E-state index is -3.94. The number of carboxylic acids is 1. The van der Waals surface area contributed by atoms with Crippen molar-refractivity contribution < 1.29 is 23.1 Å². The van der Waals surface area contributed by atoms with Crippen molar-refractivity contribution in [2.75, 3.05) is 16.3 Å². The molecule has 4 aromatic rings. The van der Waals surface area contributed by atoms with Crippen LogP contribution < -0.4 is 9.62 Å². The molecule has 4 aromatic carbocycles. The van der Waals surface area contributed by atoms with E-state index in [4.69, 9.17) is 0 Å². The average molecular weight is 617 g/mol. The molecule has 224 valence electrons. The van der Waals surface area contributed by atoms with Crippen LogP contribution in [-0.4, -0.2) is 43.5 Å². The molecule has 0 saturated carbocycles. The Bertz CT molecular complexity index is 1670. The average Bonchev–Trinajstić information content (AvgIpc) is 3.02. The van der Waals surface area contributed by atoms with Crippen molar-refractivity contribution in [3.8, 4) is 11.1 Å². The maximum Gasteiger partial charge on any atom is 0.326 e. The molecule has 1 unspecified atom stereocenters. The zero-order valence-electron chi connectivity index (χ0n) is 24.5. The molecule has 1 amide bonds. The van der Waals surface area contributed by atoms with Gasteiger partial charge in [-0.1, -0.05) is 67.6 Å². The van der Waals surface area contributed by atoms with Crippen molar-refractivity contribution in [1.29, 1.82) is 0 Å². The molecule has 0 radical (unpaired) electrons. The number of nitrogens with one attached hydrogen (secondary N) is 1.